The van der Waals surface area contributed by atoms with Crippen LogP contribution in [0.2, 0.25) is 0 Å². The number of azo groups is 1. The first-order chi connectivity index (χ1) is 10.6. The number of halogens is 1. The number of rotatable bonds is 3. The highest BCUT2D eigenvalue weighted by Crippen LogP contribution is 2.37. The van der Waals surface area contributed by atoms with E-state index >= 15 is 0 Å². The Kier molecular flexibility index (Phi) is 3.30. The molecular weight excluding hydrogens is 289 g/mol. The lowest BCUT2D eigenvalue weighted by Crippen LogP contribution is -1.94. The van der Waals surface area contributed by atoms with Gasteiger partial charge in [0.05, 0.1) is 11.1 Å². The fourth-order valence-electron chi connectivity index (χ4n) is 2.03. The minimum atomic E-state index is -1.10. The molecule has 0 amide bonds. The fraction of sp³-hybridized carbons (Fsp3) is 0. The predicted molar refractivity (Wildman–Crippen MR) is 77.5 cm³/mol. The van der Waals surface area contributed by atoms with Crippen LogP contribution in [-0.2, 0) is 0 Å². The van der Waals surface area contributed by atoms with Crippen LogP contribution in [0.4, 0.5) is 15.8 Å². The summed E-state index contributed by atoms with van der Waals surface area (Å²) < 4.78 is 13.5. The van der Waals surface area contributed by atoms with Crippen molar-refractivity contribution in [1.82, 2.24) is 4.98 Å². The number of benzene rings is 2. The summed E-state index contributed by atoms with van der Waals surface area (Å²) in [5.74, 6) is -1.91. The van der Waals surface area contributed by atoms with E-state index in [1.54, 1.807) is 6.07 Å². The van der Waals surface area contributed by atoms with Gasteiger partial charge in [0.1, 0.15) is 5.69 Å². The molecular formula is C15H10FN3O3. The quantitative estimate of drug-likeness (QED) is 0.634. The molecule has 22 heavy (non-hydrogen) atoms. The molecule has 7 heteroatoms. The zero-order valence-corrected chi connectivity index (χ0v) is 11.1. The Bertz CT molecular complexity index is 902. The van der Waals surface area contributed by atoms with E-state index in [0.29, 0.717) is 10.9 Å². The number of hydrogen-bond acceptors (Lipinski definition) is 4. The van der Waals surface area contributed by atoms with Gasteiger partial charge < -0.3 is 15.2 Å². The fourth-order valence-corrected chi connectivity index (χ4v) is 2.03. The summed E-state index contributed by atoms with van der Waals surface area (Å²) in [6, 6.07) is 10.1. The Morgan fingerprint density at radius 3 is 2.64 bits per heavy atom. The van der Waals surface area contributed by atoms with Gasteiger partial charge >= 0.3 is 5.97 Å². The molecule has 3 rings (SSSR count). The number of aromatic amines is 1. The van der Waals surface area contributed by atoms with Crippen LogP contribution in [0.25, 0.3) is 10.9 Å². The van der Waals surface area contributed by atoms with E-state index in [9.17, 15) is 14.3 Å². The Balaban J connectivity index is 2.10. The number of aromatic hydroxyl groups is 1. The summed E-state index contributed by atoms with van der Waals surface area (Å²) >= 11 is 0. The van der Waals surface area contributed by atoms with Gasteiger partial charge in [-0.3, -0.25) is 0 Å². The molecule has 0 unspecified atom stereocenters. The molecule has 6 nitrogen and oxygen atoms in total. The van der Waals surface area contributed by atoms with Crippen molar-refractivity contribution in [2.45, 2.75) is 0 Å². The van der Waals surface area contributed by atoms with E-state index in [0.717, 1.165) is 0 Å². The summed E-state index contributed by atoms with van der Waals surface area (Å²) in [6.07, 6.45) is 0. The minimum Gasteiger partial charge on any atom is -0.493 e. The second-order valence-corrected chi connectivity index (χ2v) is 4.54. The third-order valence-corrected chi connectivity index (χ3v) is 3.11. The van der Waals surface area contributed by atoms with E-state index in [2.05, 4.69) is 15.2 Å². The maximum absolute atomic E-state index is 13.5. The lowest BCUT2D eigenvalue weighted by atomic mass is 10.1. The number of nitrogens with one attached hydrogen (secondary N) is 1. The standard InChI is InChI=1S/C15H10FN3O3/c16-10-3-1-2-4-12(10)18-19-13-9-7-8(15(21)22)5-6-11(9)17-14(13)20/h1-7,17,20H,(H,21,22). The van der Waals surface area contributed by atoms with Crippen LogP contribution in [0.15, 0.2) is 52.7 Å². The van der Waals surface area contributed by atoms with E-state index in [1.165, 1.54) is 36.4 Å². The number of H-pyrrole nitrogens is 1. The van der Waals surface area contributed by atoms with Crippen molar-refractivity contribution in [1.29, 1.82) is 0 Å². The molecule has 0 atom stereocenters. The average Bonchev–Trinajstić information content (AvgIpc) is 2.81. The summed E-state index contributed by atoms with van der Waals surface area (Å²) in [7, 11) is 0. The molecule has 1 aromatic heterocycles. The van der Waals surface area contributed by atoms with Gasteiger partial charge in [0.15, 0.2) is 11.5 Å². The monoisotopic (exact) mass is 299 g/mol. The smallest absolute Gasteiger partial charge is 0.335 e. The first-order valence-corrected chi connectivity index (χ1v) is 6.30. The van der Waals surface area contributed by atoms with Crippen LogP contribution in [0.3, 0.4) is 0 Å². The van der Waals surface area contributed by atoms with E-state index < -0.39 is 11.8 Å². The SMILES string of the molecule is O=C(O)c1ccc2[nH]c(O)c(N=Nc3ccccc3F)c2c1. The Hall–Kier alpha value is -3.22. The highest BCUT2D eigenvalue weighted by Gasteiger charge is 2.13. The van der Waals surface area contributed by atoms with Crippen LogP contribution in [-0.4, -0.2) is 21.2 Å². The molecule has 0 saturated heterocycles. The molecule has 0 bridgehead atoms. The van der Waals surface area contributed by atoms with Gasteiger partial charge in [-0.2, -0.15) is 0 Å². The van der Waals surface area contributed by atoms with E-state index in [-0.39, 0.29) is 22.8 Å². The molecule has 1 heterocycles. The van der Waals surface area contributed by atoms with Crippen molar-refractivity contribution < 1.29 is 19.4 Å². The normalized spacial score (nSPS) is 11.3. The predicted octanol–water partition coefficient (Wildman–Crippen LogP) is 4.13. The van der Waals surface area contributed by atoms with Crippen LogP contribution >= 0.6 is 0 Å². The number of aromatic carboxylic acids is 1. The van der Waals surface area contributed by atoms with Crippen molar-refractivity contribution in [3.05, 3.63) is 53.8 Å². The Morgan fingerprint density at radius 2 is 1.91 bits per heavy atom. The number of carboxylic acids is 1. The summed E-state index contributed by atoms with van der Waals surface area (Å²) in [5.41, 5.74) is 0.630. The second-order valence-electron chi connectivity index (χ2n) is 4.54. The first-order valence-electron chi connectivity index (χ1n) is 6.30. The molecule has 0 aliphatic carbocycles. The zero-order chi connectivity index (χ0) is 15.7. The molecule has 0 aliphatic rings. The van der Waals surface area contributed by atoms with Gasteiger partial charge in [-0.25, -0.2) is 9.18 Å². The molecule has 3 aromatic rings. The molecule has 0 saturated carbocycles. The summed E-state index contributed by atoms with van der Waals surface area (Å²) in [4.78, 5) is 13.7. The second kappa shape index (κ2) is 5.28. The number of carboxylic acid groups (broad SMARTS) is 1. The van der Waals surface area contributed by atoms with Crippen LogP contribution in [0.5, 0.6) is 5.88 Å². The van der Waals surface area contributed by atoms with Crippen molar-refractivity contribution in [3.8, 4) is 5.88 Å². The van der Waals surface area contributed by atoms with Crippen molar-refractivity contribution in [3.63, 3.8) is 0 Å². The van der Waals surface area contributed by atoms with Gasteiger partial charge in [-0.15, -0.1) is 10.2 Å². The van der Waals surface area contributed by atoms with Gasteiger partial charge in [-0.1, -0.05) is 12.1 Å². The average molecular weight is 299 g/mol. The molecule has 0 fully saturated rings. The number of hydrogen-bond donors (Lipinski definition) is 3. The van der Waals surface area contributed by atoms with E-state index in [4.69, 9.17) is 5.11 Å². The van der Waals surface area contributed by atoms with E-state index in [1.807, 2.05) is 0 Å². The van der Waals surface area contributed by atoms with Crippen molar-refractivity contribution in [2.75, 3.05) is 0 Å². The van der Waals surface area contributed by atoms with Crippen molar-refractivity contribution in [2.24, 2.45) is 10.2 Å². The topological polar surface area (TPSA) is 98.0 Å². The molecule has 0 spiro atoms. The highest BCUT2D eigenvalue weighted by molar-refractivity contribution is 5.99. The third-order valence-electron chi connectivity index (χ3n) is 3.11. The van der Waals surface area contributed by atoms with Crippen LogP contribution in [0, 0.1) is 5.82 Å². The van der Waals surface area contributed by atoms with Crippen molar-refractivity contribution >= 4 is 28.2 Å². The molecule has 0 radical (unpaired) electrons. The lowest BCUT2D eigenvalue weighted by molar-refractivity contribution is 0.0697. The minimum absolute atomic E-state index is 0.0191. The number of nitrogens with zero attached hydrogens (tertiary/aromatic N) is 2. The Labute approximate surface area is 123 Å². The largest absolute Gasteiger partial charge is 0.493 e. The number of carbonyl (C=O) groups is 1. The van der Waals surface area contributed by atoms with Crippen LogP contribution in [0.1, 0.15) is 10.4 Å². The molecule has 0 aliphatic heterocycles. The lowest BCUT2D eigenvalue weighted by Gasteiger charge is -1.96. The summed E-state index contributed by atoms with van der Waals surface area (Å²) in [6.45, 7) is 0. The van der Waals surface area contributed by atoms with Gasteiger partial charge in [0.2, 0.25) is 5.88 Å². The van der Waals surface area contributed by atoms with Gasteiger partial charge in [-0.05, 0) is 30.3 Å². The van der Waals surface area contributed by atoms with Crippen LogP contribution < -0.4 is 0 Å². The maximum atomic E-state index is 13.5. The zero-order valence-electron chi connectivity index (χ0n) is 11.1. The number of fused-ring (bicyclic) bond motifs is 1. The highest BCUT2D eigenvalue weighted by atomic mass is 19.1. The molecule has 3 N–H and O–H groups in total. The van der Waals surface area contributed by atoms with Gasteiger partial charge in [0, 0.05) is 5.39 Å². The van der Waals surface area contributed by atoms with Gasteiger partial charge in [0.25, 0.3) is 0 Å². The third kappa shape index (κ3) is 2.39. The number of aromatic nitrogens is 1. The molecule has 2 aromatic carbocycles. The maximum Gasteiger partial charge on any atom is 0.335 e. The summed E-state index contributed by atoms with van der Waals surface area (Å²) in [5, 5.41) is 26.8. The molecule has 110 valence electrons. The Morgan fingerprint density at radius 1 is 1.14 bits per heavy atom. The first kappa shape index (κ1) is 13.7.